The predicted octanol–water partition coefficient (Wildman–Crippen LogP) is 5.70. The third kappa shape index (κ3) is 5.96. The van der Waals surface area contributed by atoms with Crippen LogP contribution >= 0.6 is 22.6 Å². The van der Waals surface area contributed by atoms with E-state index in [0.717, 1.165) is 23.4 Å². The molecule has 3 aromatic rings. The van der Waals surface area contributed by atoms with E-state index in [2.05, 4.69) is 33.6 Å². The van der Waals surface area contributed by atoms with Crippen LogP contribution in [0, 0.1) is 26.4 Å². The zero-order valence-electron chi connectivity index (χ0n) is 18.8. The molecule has 1 heterocycles. The number of anilines is 1. The first-order chi connectivity index (χ1) is 16.0. The van der Waals surface area contributed by atoms with Crippen molar-refractivity contribution in [2.45, 2.75) is 26.3 Å². The van der Waals surface area contributed by atoms with Crippen LogP contribution in [-0.4, -0.2) is 28.8 Å². The van der Waals surface area contributed by atoms with Crippen LogP contribution in [0.5, 0.6) is 0 Å². The Morgan fingerprint density at radius 2 is 1.85 bits per heavy atom. The molecule has 0 aliphatic carbocycles. The van der Waals surface area contributed by atoms with Crippen molar-refractivity contribution < 1.29 is 18.8 Å². The van der Waals surface area contributed by atoms with Crippen molar-refractivity contribution in [1.82, 2.24) is 0 Å². The van der Waals surface area contributed by atoms with E-state index >= 15 is 0 Å². The van der Waals surface area contributed by atoms with E-state index in [9.17, 15) is 19.3 Å². The molecule has 7 nitrogen and oxygen atoms in total. The molecule has 0 saturated heterocycles. The van der Waals surface area contributed by atoms with Gasteiger partial charge in [0.2, 0.25) is 11.7 Å². The Labute approximate surface area is 210 Å². The Hall–Kier alpha value is -3.34. The third-order valence-corrected chi connectivity index (χ3v) is 5.66. The van der Waals surface area contributed by atoms with Gasteiger partial charge in [0.1, 0.15) is 6.61 Å². The molecule has 4 rings (SSSR count). The molecule has 0 radical (unpaired) electrons. The number of aryl methyl sites for hydroxylation is 1. The molecule has 0 bridgehead atoms. The zero-order valence-corrected chi connectivity index (χ0v) is 21.0. The van der Waals surface area contributed by atoms with Gasteiger partial charge in [-0.3, -0.25) is 14.9 Å². The molecule has 1 aliphatic rings. The van der Waals surface area contributed by atoms with Crippen LogP contribution < -0.4 is 5.73 Å². The smallest absolute Gasteiger partial charge is 0.305 e. The number of carbonyl (C=O) groups excluding carboxylic acids is 1. The first kappa shape index (κ1) is 25.3. The number of ether oxygens (including phenoxy) is 1. The number of nitro benzene ring substituents is 1. The fourth-order valence-electron chi connectivity index (χ4n) is 3.17. The van der Waals surface area contributed by atoms with Crippen LogP contribution in [0.25, 0.3) is 0 Å². The number of aliphatic imine (C=N–C) groups is 1. The monoisotopic (exact) mass is 575 g/mol. The van der Waals surface area contributed by atoms with Crippen LogP contribution in [0.4, 0.5) is 15.8 Å². The van der Waals surface area contributed by atoms with Crippen molar-refractivity contribution in [3.63, 3.8) is 0 Å². The van der Waals surface area contributed by atoms with Crippen molar-refractivity contribution in [2.75, 3.05) is 12.3 Å². The molecule has 1 aliphatic heterocycles. The lowest BCUT2D eigenvalue weighted by Gasteiger charge is -2.09. The average Bonchev–Trinajstić information content (AvgIpc) is 3.16. The van der Waals surface area contributed by atoms with Gasteiger partial charge in [-0.1, -0.05) is 30.3 Å². The molecule has 0 atom stereocenters. The summed E-state index contributed by atoms with van der Waals surface area (Å²) >= 11 is 2.27. The van der Waals surface area contributed by atoms with Crippen LogP contribution in [-0.2, 0) is 4.74 Å². The summed E-state index contributed by atoms with van der Waals surface area (Å²) in [6, 6.07) is 16.2. The molecule has 9 heteroatoms. The minimum atomic E-state index is -1.08. The van der Waals surface area contributed by atoms with Crippen LogP contribution in [0.2, 0.25) is 0 Å². The quantitative estimate of drug-likeness (QED) is 0.141. The first-order valence-corrected chi connectivity index (χ1v) is 11.4. The second-order valence-corrected chi connectivity index (χ2v) is 9.57. The number of ketones is 1. The molecule has 0 amide bonds. The average molecular weight is 575 g/mol. The number of nitro groups is 1. The molecular formula is C25H23FIN3O4. The molecule has 0 unspecified atom stereocenters. The van der Waals surface area contributed by atoms with E-state index in [-0.39, 0.29) is 23.6 Å². The van der Waals surface area contributed by atoms with Gasteiger partial charge in [0.05, 0.1) is 16.0 Å². The molecule has 3 aromatic carbocycles. The highest BCUT2D eigenvalue weighted by Gasteiger charge is 2.32. The number of halogens is 2. The summed E-state index contributed by atoms with van der Waals surface area (Å²) < 4.78 is 20.9. The Morgan fingerprint density at radius 1 is 1.18 bits per heavy atom. The summed E-state index contributed by atoms with van der Waals surface area (Å²) in [5, 5.41) is 11.1. The predicted molar refractivity (Wildman–Crippen MR) is 138 cm³/mol. The molecule has 176 valence electrons. The van der Waals surface area contributed by atoms with Gasteiger partial charge < -0.3 is 10.5 Å². The van der Waals surface area contributed by atoms with E-state index in [0.29, 0.717) is 5.56 Å². The van der Waals surface area contributed by atoms with Gasteiger partial charge in [-0.15, -0.1) is 0 Å². The highest BCUT2D eigenvalue weighted by Crippen LogP contribution is 2.29. The van der Waals surface area contributed by atoms with Gasteiger partial charge in [0.25, 0.3) is 0 Å². The number of nitrogens with zero attached hydrogens (tertiary/aromatic N) is 2. The standard InChI is InChI=1S/C18H15FN2O4.C7H8IN/c1-18(2)10-25-17(20-18)13-9-15(21(23)24)14(19)8-12(13)16(22)11-6-4-3-5-7-11;1-5-4-6(8)2-3-7(5)9/h3-9H,10H2,1-2H3;2-4H,9H2,1H3. The summed E-state index contributed by atoms with van der Waals surface area (Å²) in [7, 11) is 0. The number of nitrogen functional groups attached to an aromatic ring is 1. The summed E-state index contributed by atoms with van der Waals surface area (Å²) in [6.45, 7) is 5.94. The van der Waals surface area contributed by atoms with Crippen molar-refractivity contribution in [3.05, 3.63) is 102 Å². The summed E-state index contributed by atoms with van der Waals surface area (Å²) in [4.78, 5) is 27.4. The Bertz CT molecular complexity index is 1280. The van der Waals surface area contributed by atoms with Crippen molar-refractivity contribution >= 4 is 45.6 Å². The van der Waals surface area contributed by atoms with Gasteiger partial charge in [-0.2, -0.15) is 4.39 Å². The Kier molecular flexibility index (Phi) is 7.65. The minimum Gasteiger partial charge on any atom is -0.475 e. The molecule has 0 spiro atoms. The van der Waals surface area contributed by atoms with Crippen LogP contribution in [0.3, 0.4) is 0 Å². The first-order valence-electron chi connectivity index (χ1n) is 10.3. The second kappa shape index (κ2) is 10.3. The maximum Gasteiger partial charge on any atom is 0.305 e. The largest absolute Gasteiger partial charge is 0.475 e. The normalized spacial score (nSPS) is 13.9. The van der Waals surface area contributed by atoms with E-state index in [1.807, 2.05) is 32.9 Å². The summed E-state index contributed by atoms with van der Waals surface area (Å²) in [6.07, 6.45) is 0. The summed E-state index contributed by atoms with van der Waals surface area (Å²) in [5.74, 6) is -1.43. The van der Waals surface area contributed by atoms with Crippen LogP contribution in [0.1, 0.15) is 40.9 Å². The molecule has 0 fully saturated rings. The van der Waals surface area contributed by atoms with Crippen molar-refractivity contribution in [1.29, 1.82) is 0 Å². The Balaban J connectivity index is 0.000000302. The lowest BCUT2D eigenvalue weighted by molar-refractivity contribution is -0.387. The fourth-order valence-corrected chi connectivity index (χ4v) is 3.82. The van der Waals surface area contributed by atoms with E-state index < -0.39 is 27.8 Å². The molecule has 0 aromatic heterocycles. The topological polar surface area (TPSA) is 108 Å². The SMILES string of the molecule is CC1(C)COC(c2cc([N+](=O)[O-])c(F)cc2C(=O)c2ccccc2)=N1.Cc1cc(I)ccc1N. The number of carbonyl (C=O) groups is 1. The number of rotatable bonds is 4. The van der Waals surface area contributed by atoms with Gasteiger partial charge in [0.15, 0.2) is 5.78 Å². The van der Waals surface area contributed by atoms with Gasteiger partial charge >= 0.3 is 5.69 Å². The molecule has 34 heavy (non-hydrogen) atoms. The zero-order chi connectivity index (χ0) is 25.0. The highest BCUT2D eigenvalue weighted by atomic mass is 127. The number of nitrogens with two attached hydrogens (primary N) is 1. The lowest BCUT2D eigenvalue weighted by Crippen LogP contribution is -2.17. The third-order valence-electron chi connectivity index (χ3n) is 4.99. The Morgan fingerprint density at radius 3 is 2.38 bits per heavy atom. The second-order valence-electron chi connectivity index (χ2n) is 8.32. The van der Waals surface area contributed by atoms with Gasteiger partial charge in [-0.05, 0) is 73.2 Å². The van der Waals surface area contributed by atoms with Crippen molar-refractivity contribution in [2.24, 2.45) is 4.99 Å². The fraction of sp³-hybridized carbons (Fsp3) is 0.200. The van der Waals surface area contributed by atoms with Crippen LogP contribution in [0.15, 0.2) is 65.7 Å². The maximum absolute atomic E-state index is 14.1. The van der Waals surface area contributed by atoms with Crippen molar-refractivity contribution in [3.8, 4) is 0 Å². The number of benzene rings is 3. The minimum absolute atomic E-state index is 0.0225. The highest BCUT2D eigenvalue weighted by molar-refractivity contribution is 14.1. The molecular weight excluding hydrogens is 552 g/mol. The van der Waals surface area contributed by atoms with E-state index in [1.54, 1.807) is 30.3 Å². The van der Waals surface area contributed by atoms with E-state index in [4.69, 9.17) is 10.5 Å². The van der Waals surface area contributed by atoms with Gasteiger partial charge in [-0.25, -0.2) is 4.99 Å². The van der Waals surface area contributed by atoms with Gasteiger partial charge in [0, 0.05) is 26.5 Å². The maximum atomic E-state index is 14.1. The van der Waals surface area contributed by atoms with E-state index in [1.165, 1.54) is 3.57 Å². The summed E-state index contributed by atoms with van der Waals surface area (Å²) in [5.41, 5.74) is 6.80. The number of hydrogen-bond donors (Lipinski definition) is 1. The molecule has 0 saturated carbocycles. The molecule has 2 N–H and O–H groups in total. The number of hydrogen-bond acceptors (Lipinski definition) is 6. The lowest BCUT2D eigenvalue weighted by atomic mass is 9.97.